The normalized spacial score (nSPS) is 19.2. The Kier molecular flexibility index (Phi) is 5.54. The first-order valence-electron chi connectivity index (χ1n) is 11.0. The van der Waals surface area contributed by atoms with Crippen LogP contribution in [0.5, 0.6) is 0 Å². The number of hydrogen-bond acceptors (Lipinski definition) is 4. The van der Waals surface area contributed by atoms with E-state index >= 15 is 0 Å². The molecule has 170 valence electrons. The average molecular weight is 454 g/mol. The maximum Gasteiger partial charge on any atom is 0.272 e. The zero-order valence-electron chi connectivity index (χ0n) is 19.4. The van der Waals surface area contributed by atoms with E-state index in [-0.39, 0.29) is 11.3 Å². The van der Waals surface area contributed by atoms with E-state index in [0.717, 1.165) is 16.7 Å². The molecule has 4 rings (SSSR count). The highest BCUT2D eigenvalue weighted by Gasteiger charge is 2.44. The molecule has 1 amide bonds. The molecule has 0 atom stereocenters. The minimum Gasteiger partial charge on any atom is -0.326 e. The molecule has 6 nitrogen and oxygen atoms in total. The molecule has 1 fully saturated rings. The molecular weight excluding hydrogens is 422 g/mol. The van der Waals surface area contributed by atoms with Gasteiger partial charge >= 0.3 is 0 Å². The van der Waals surface area contributed by atoms with Crippen LogP contribution in [0.1, 0.15) is 55.9 Å². The molecular formula is C25H31N3O3S. The second kappa shape index (κ2) is 7.81. The lowest BCUT2D eigenvalue weighted by Crippen LogP contribution is -2.52. The van der Waals surface area contributed by atoms with Crippen LogP contribution in [0.15, 0.2) is 52.4 Å². The summed E-state index contributed by atoms with van der Waals surface area (Å²) in [6, 6.07) is 13.2. The third-order valence-corrected chi connectivity index (χ3v) is 8.47. The lowest BCUT2D eigenvalue weighted by molar-refractivity contribution is -0.115. The molecule has 0 bridgehead atoms. The van der Waals surface area contributed by atoms with Crippen molar-refractivity contribution in [2.24, 2.45) is 4.99 Å². The van der Waals surface area contributed by atoms with Crippen LogP contribution in [0.4, 0.5) is 0 Å². The zero-order valence-corrected chi connectivity index (χ0v) is 20.2. The van der Waals surface area contributed by atoms with Crippen molar-refractivity contribution in [3.8, 4) is 0 Å². The monoisotopic (exact) mass is 453 g/mol. The SMILES string of the molecule is Cc1ccc(S(=O)(=O)N2CCC3(CC2)N=C(c2ccc(C(C)(C)C)cc2)C(=O)N3)cc1C. The number of rotatable bonds is 3. The molecule has 1 saturated heterocycles. The fourth-order valence-electron chi connectivity index (χ4n) is 4.24. The topological polar surface area (TPSA) is 78.8 Å². The van der Waals surface area contributed by atoms with Gasteiger partial charge in [0.05, 0.1) is 4.90 Å². The molecule has 0 unspecified atom stereocenters. The average Bonchev–Trinajstić information content (AvgIpc) is 3.05. The van der Waals surface area contributed by atoms with Crippen LogP contribution in [0, 0.1) is 13.8 Å². The first-order chi connectivity index (χ1) is 14.9. The Morgan fingerprint density at radius 2 is 1.59 bits per heavy atom. The van der Waals surface area contributed by atoms with Crippen molar-refractivity contribution < 1.29 is 13.2 Å². The van der Waals surface area contributed by atoms with E-state index in [2.05, 4.69) is 26.1 Å². The Hall–Kier alpha value is -2.51. The summed E-state index contributed by atoms with van der Waals surface area (Å²) in [6.07, 6.45) is 0.902. The fourth-order valence-corrected chi connectivity index (χ4v) is 5.77. The quantitative estimate of drug-likeness (QED) is 0.770. The Labute approximate surface area is 190 Å². The van der Waals surface area contributed by atoms with Crippen LogP contribution in [0.25, 0.3) is 0 Å². The summed E-state index contributed by atoms with van der Waals surface area (Å²) in [5, 5.41) is 3.03. The van der Waals surface area contributed by atoms with Crippen molar-refractivity contribution in [1.82, 2.24) is 9.62 Å². The van der Waals surface area contributed by atoms with E-state index < -0.39 is 15.7 Å². The van der Waals surface area contributed by atoms with Crippen molar-refractivity contribution in [2.75, 3.05) is 13.1 Å². The molecule has 2 aliphatic rings. The summed E-state index contributed by atoms with van der Waals surface area (Å²) in [4.78, 5) is 17.8. The predicted octanol–water partition coefficient (Wildman–Crippen LogP) is 3.70. The van der Waals surface area contributed by atoms with E-state index in [1.165, 1.54) is 9.87 Å². The number of carbonyl (C=O) groups excluding carboxylic acids is 1. The first-order valence-corrected chi connectivity index (χ1v) is 12.5. The van der Waals surface area contributed by atoms with Gasteiger partial charge in [-0.15, -0.1) is 0 Å². The van der Waals surface area contributed by atoms with Crippen molar-refractivity contribution in [3.63, 3.8) is 0 Å². The van der Waals surface area contributed by atoms with E-state index in [0.29, 0.717) is 36.5 Å². The standard InChI is InChI=1S/C25H31N3O3S/c1-17-6-11-21(16-18(17)2)32(30,31)28-14-12-25(13-15-28)26-22(23(29)27-25)19-7-9-20(10-8-19)24(3,4)5/h6-11,16H,12-15H2,1-5H3,(H,27,29). The van der Waals surface area contributed by atoms with Gasteiger partial charge in [-0.2, -0.15) is 4.31 Å². The van der Waals surface area contributed by atoms with Crippen molar-refractivity contribution in [1.29, 1.82) is 0 Å². The summed E-state index contributed by atoms with van der Waals surface area (Å²) in [6.45, 7) is 11.0. The molecule has 2 heterocycles. The predicted molar refractivity (Wildman–Crippen MR) is 126 cm³/mol. The first kappa shape index (κ1) is 22.7. The van der Waals surface area contributed by atoms with Crippen molar-refractivity contribution in [2.45, 2.75) is 63.4 Å². The molecule has 7 heteroatoms. The van der Waals surface area contributed by atoms with E-state index in [1.54, 1.807) is 12.1 Å². The Morgan fingerprint density at radius 3 is 2.16 bits per heavy atom. The van der Waals surface area contributed by atoms with Gasteiger partial charge in [-0.3, -0.25) is 9.79 Å². The summed E-state index contributed by atoms with van der Waals surface area (Å²) in [7, 11) is -3.57. The molecule has 32 heavy (non-hydrogen) atoms. The van der Waals surface area contributed by atoms with Gasteiger partial charge < -0.3 is 5.32 Å². The Bertz CT molecular complexity index is 1180. The summed E-state index contributed by atoms with van der Waals surface area (Å²) >= 11 is 0. The highest BCUT2D eigenvalue weighted by molar-refractivity contribution is 7.89. The number of benzene rings is 2. The molecule has 2 aromatic rings. The van der Waals surface area contributed by atoms with Gasteiger partial charge in [0.2, 0.25) is 10.0 Å². The van der Waals surface area contributed by atoms with E-state index in [4.69, 9.17) is 4.99 Å². The number of piperidine rings is 1. The lowest BCUT2D eigenvalue weighted by atomic mass is 9.86. The smallest absolute Gasteiger partial charge is 0.272 e. The highest BCUT2D eigenvalue weighted by atomic mass is 32.2. The molecule has 0 saturated carbocycles. The molecule has 1 N–H and O–H groups in total. The van der Waals surface area contributed by atoms with E-state index in [1.807, 2.05) is 44.2 Å². The van der Waals surface area contributed by atoms with Crippen LogP contribution >= 0.6 is 0 Å². The zero-order chi connectivity index (χ0) is 23.3. The molecule has 1 spiro atoms. The summed E-state index contributed by atoms with van der Waals surface area (Å²) < 4.78 is 27.7. The minimum absolute atomic E-state index is 0.0355. The van der Waals surface area contributed by atoms with Gasteiger partial charge in [-0.1, -0.05) is 51.1 Å². The van der Waals surface area contributed by atoms with Gasteiger partial charge in [0.25, 0.3) is 5.91 Å². The van der Waals surface area contributed by atoms with Gasteiger partial charge in [0, 0.05) is 31.5 Å². The maximum atomic E-state index is 13.1. The van der Waals surface area contributed by atoms with Crippen molar-refractivity contribution in [3.05, 3.63) is 64.7 Å². The Morgan fingerprint density at radius 1 is 0.969 bits per heavy atom. The second-order valence-electron chi connectivity index (χ2n) is 9.92. The largest absolute Gasteiger partial charge is 0.326 e. The minimum atomic E-state index is -3.57. The number of carbonyl (C=O) groups is 1. The van der Waals surface area contributed by atoms with Crippen molar-refractivity contribution >= 4 is 21.6 Å². The van der Waals surface area contributed by atoms with Gasteiger partial charge in [0.1, 0.15) is 11.4 Å². The van der Waals surface area contributed by atoms with Gasteiger partial charge in [-0.25, -0.2) is 8.42 Å². The number of hydrogen-bond donors (Lipinski definition) is 1. The third kappa shape index (κ3) is 4.11. The molecule has 2 aliphatic heterocycles. The fraction of sp³-hybridized carbons (Fsp3) is 0.440. The number of sulfonamides is 1. The number of nitrogens with one attached hydrogen (secondary N) is 1. The van der Waals surface area contributed by atoms with Gasteiger partial charge in [0.15, 0.2) is 0 Å². The third-order valence-electron chi connectivity index (χ3n) is 6.58. The number of aryl methyl sites for hydroxylation is 2. The number of aliphatic imine (C=N–C) groups is 1. The molecule has 0 aliphatic carbocycles. The van der Waals surface area contributed by atoms with Crippen LogP contribution in [0.3, 0.4) is 0 Å². The molecule has 0 radical (unpaired) electrons. The van der Waals surface area contributed by atoms with E-state index in [9.17, 15) is 13.2 Å². The number of amides is 1. The van der Waals surface area contributed by atoms with Gasteiger partial charge in [-0.05, 0) is 48.1 Å². The summed E-state index contributed by atoms with van der Waals surface area (Å²) in [5.74, 6) is -0.195. The lowest BCUT2D eigenvalue weighted by Gasteiger charge is -2.36. The van der Waals surface area contributed by atoms with Crippen LogP contribution in [-0.2, 0) is 20.2 Å². The van der Waals surface area contributed by atoms with Crippen LogP contribution in [-0.4, -0.2) is 43.1 Å². The second-order valence-corrected chi connectivity index (χ2v) is 11.9. The molecule has 2 aromatic carbocycles. The van der Waals surface area contributed by atoms with Crippen LogP contribution in [0.2, 0.25) is 0 Å². The molecule has 0 aromatic heterocycles. The summed E-state index contributed by atoms with van der Waals surface area (Å²) in [5.41, 5.74) is 3.73. The maximum absolute atomic E-state index is 13.1. The highest BCUT2D eigenvalue weighted by Crippen LogP contribution is 2.32. The number of nitrogens with zero attached hydrogens (tertiary/aromatic N) is 2. The van der Waals surface area contributed by atoms with Crippen LogP contribution < -0.4 is 5.32 Å². The Balaban J connectivity index is 1.52.